The summed E-state index contributed by atoms with van der Waals surface area (Å²) < 4.78 is 6.54. The molecule has 29 heavy (non-hydrogen) atoms. The molecule has 1 aromatic heterocycles. The number of aromatic nitrogens is 1. The van der Waals surface area contributed by atoms with E-state index in [0.29, 0.717) is 0 Å². The zero-order chi connectivity index (χ0) is 20.0. The Labute approximate surface area is 171 Å². The molecule has 2 nitrogen and oxygen atoms in total. The molecule has 6 rings (SSSR count). The van der Waals surface area contributed by atoms with E-state index in [9.17, 15) is 0 Å². The number of hydrogen-bond donors (Lipinski definition) is 0. The van der Waals surface area contributed by atoms with Crippen molar-refractivity contribution in [2.24, 2.45) is 0 Å². The largest absolute Gasteiger partial charge is 0.482 e. The Morgan fingerprint density at radius 2 is 1.52 bits per heavy atom. The quantitative estimate of drug-likeness (QED) is 0.335. The predicted molar refractivity (Wildman–Crippen MR) is 118 cm³/mol. The van der Waals surface area contributed by atoms with Gasteiger partial charge in [0.2, 0.25) is 0 Å². The Balaban J connectivity index is 1.76. The van der Waals surface area contributed by atoms with E-state index in [1.54, 1.807) is 0 Å². The zero-order valence-electron chi connectivity index (χ0n) is 17.2. The third kappa shape index (κ3) is 2.09. The van der Waals surface area contributed by atoms with E-state index in [0.717, 1.165) is 11.4 Å². The average molecular weight is 377 g/mol. The van der Waals surface area contributed by atoms with Crippen LogP contribution < -0.4 is 4.74 Å². The van der Waals surface area contributed by atoms with Gasteiger partial charge in [0, 0.05) is 28.3 Å². The van der Waals surface area contributed by atoms with Crippen molar-refractivity contribution in [3.8, 4) is 28.1 Å². The molecule has 2 aliphatic rings. The van der Waals surface area contributed by atoms with Crippen molar-refractivity contribution in [3.63, 3.8) is 0 Å². The highest BCUT2D eigenvalue weighted by atomic mass is 16.5. The van der Waals surface area contributed by atoms with Crippen LogP contribution in [0.4, 0.5) is 0 Å². The van der Waals surface area contributed by atoms with Gasteiger partial charge in [-0.25, -0.2) is 0 Å². The smallest absolute Gasteiger partial charge is 0.129 e. The molecule has 0 saturated carbocycles. The maximum Gasteiger partial charge on any atom is 0.129 e. The lowest BCUT2D eigenvalue weighted by molar-refractivity contribution is 0.106. The summed E-state index contributed by atoms with van der Waals surface area (Å²) in [5.74, 6) is 0.967. The van der Waals surface area contributed by atoms with Gasteiger partial charge in [0.15, 0.2) is 0 Å². The first-order valence-corrected chi connectivity index (χ1v) is 10.2. The van der Waals surface area contributed by atoms with Crippen LogP contribution >= 0.6 is 0 Å². The van der Waals surface area contributed by atoms with Crippen molar-refractivity contribution in [3.05, 3.63) is 83.6 Å². The number of fused-ring (bicyclic) bond motifs is 8. The van der Waals surface area contributed by atoms with Crippen molar-refractivity contribution >= 4 is 10.8 Å². The molecule has 0 unspecified atom stereocenters. The number of nitrogens with zero attached hydrogens (tertiary/aromatic N) is 1. The number of pyridine rings is 1. The van der Waals surface area contributed by atoms with E-state index in [1.165, 1.54) is 44.2 Å². The van der Waals surface area contributed by atoms with Crippen LogP contribution in [0.1, 0.15) is 44.4 Å². The number of rotatable bonds is 0. The van der Waals surface area contributed by atoms with Gasteiger partial charge < -0.3 is 4.74 Å². The predicted octanol–water partition coefficient (Wildman–Crippen LogP) is 6.84. The Kier molecular flexibility index (Phi) is 3.05. The first-order chi connectivity index (χ1) is 13.9. The molecule has 0 amide bonds. The Bertz CT molecular complexity index is 1330. The lowest BCUT2D eigenvalue weighted by Gasteiger charge is -2.38. The van der Waals surface area contributed by atoms with Gasteiger partial charge in [0.25, 0.3) is 0 Å². The minimum atomic E-state index is -0.391. The summed E-state index contributed by atoms with van der Waals surface area (Å²) in [4.78, 5) is 4.76. The normalized spacial score (nSPS) is 17.1. The molecule has 142 valence electrons. The van der Waals surface area contributed by atoms with E-state index < -0.39 is 5.60 Å². The van der Waals surface area contributed by atoms with E-state index in [2.05, 4.69) is 82.3 Å². The molecule has 0 bridgehead atoms. The minimum Gasteiger partial charge on any atom is -0.482 e. The second-order valence-electron chi connectivity index (χ2n) is 9.24. The lowest BCUT2D eigenvalue weighted by Crippen LogP contribution is -2.31. The number of benzene rings is 3. The molecule has 1 aliphatic carbocycles. The van der Waals surface area contributed by atoms with Crippen molar-refractivity contribution < 1.29 is 4.74 Å². The van der Waals surface area contributed by atoms with Crippen LogP contribution in [0.15, 0.2) is 66.9 Å². The molecule has 0 atom stereocenters. The molecule has 3 aromatic carbocycles. The van der Waals surface area contributed by atoms with Crippen LogP contribution in [0, 0.1) is 0 Å². The maximum atomic E-state index is 6.54. The van der Waals surface area contributed by atoms with Gasteiger partial charge in [-0.05, 0) is 59.5 Å². The molecule has 4 aromatic rings. The lowest BCUT2D eigenvalue weighted by atomic mass is 9.74. The minimum absolute atomic E-state index is 0.111. The fourth-order valence-corrected chi connectivity index (χ4v) is 5.32. The monoisotopic (exact) mass is 377 g/mol. The molecule has 0 radical (unpaired) electrons. The van der Waals surface area contributed by atoms with Gasteiger partial charge >= 0.3 is 0 Å². The summed E-state index contributed by atoms with van der Waals surface area (Å²) in [6.45, 7) is 8.99. The molecule has 2 heteroatoms. The van der Waals surface area contributed by atoms with Gasteiger partial charge in [0.1, 0.15) is 11.4 Å². The zero-order valence-corrected chi connectivity index (χ0v) is 17.2. The summed E-state index contributed by atoms with van der Waals surface area (Å²) in [6, 6.07) is 21.8. The molecule has 0 N–H and O–H groups in total. The third-order valence-corrected chi connectivity index (χ3v) is 6.70. The van der Waals surface area contributed by atoms with Gasteiger partial charge in [-0.3, -0.25) is 4.98 Å². The molecule has 2 heterocycles. The van der Waals surface area contributed by atoms with Crippen molar-refractivity contribution in [2.75, 3.05) is 0 Å². The average Bonchev–Trinajstić information content (AvgIpc) is 2.94. The van der Waals surface area contributed by atoms with Crippen LogP contribution in [-0.4, -0.2) is 4.98 Å². The van der Waals surface area contributed by atoms with E-state index in [4.69, 9.17) is 9.72 Å². The Morgan fingerprint density at radius 3 is 2.31 bits per heavy atom. The first-order valence-electron chi connectivity index (χ1n) is 10.2. The SMILES string of the molecule is CC1(C)Oc2cc3ccccc3cc2-c2c1ccc1c2C(C)(C)c2cccnc2-1. The third-order valence-electron chi connectivity index (χ3n) is 6.70. The molecule has 1 aliphatic heterocycles. The van der Waals surface area contributed by atoms with Crippen molar-refractivity contribution in [1.82, 2.24) is 4.98 Å². The summed E-state index contributed by atoms with van der Waals surface area (Å²) >= 11 is 0. The summed E-state index contributed by atoms with van der Waals surface area (Å²) in [5.41, 5.74) is 8.30. The van der Waals surface area contributed by atoms with Crippen LogP contribution in [0.3, 0.4) is 0 Å². The Hall–Kier alpha value is -3.13. The molecule has 0 spiro atoms. The van der Waals surface area contributed by atoms with Crippen LogP contribution in [0.25, 0.3) is 33.2 Å². The van der Waals surface area contributed by atoms with Crippen molar-refractivity contribution in [1.29, 1.82) is 0 Å². The van der Waals surface area contributed by atoms with Gasteiger partial charge in [-0.2, -0.15) is 0 Å². The first kappa shape index (κ1) is 16.8. The van der Waals surface area contributed by atoms with Crippen LogP contribution in [0.5, 0.6) is 5.75 Å². The van der Waals surface area contributed by atoms with E-state index in [1.807, 2.05) is 12.3 Å². The highest BCUT2D eigenvalue weighted by Crippen LogP contribution is 2.57. The van der Waals surface area contributed by atoms with Crippen LogP contribution in [0.2, 0.25) is 0 Å². The number of hydrogen-bond acceptors (Lipinski definition) is 2. The molecular formula is C27H23NO. The number of ether oxygens (including phenoxy) is 1. The maximum absolute atomic E-state index is 6.54. The van der Waals surface area contributed by atoms with Gasteiger partial charge in [0.05, 0.1) is 5.69 Å². The van der Waals surface area contributed by atoms with Crippen LogP contribution in [-0.2, 0) is 11.0 Å². The highest BCUT2D eigenvalue weighted by Gasteiger charge is 2.43. The fraction of sp³-hybridized carbons (Fsp3) is 0.222. The second-order valence-corrected chi connectivity index (χ2v) is 9.24. The van der Waals surface area contributed by atoms with Gasteiger partial charge in [-0.15, -0.1) is 0 Å². The van der Waals surface area contributed by atoms with E-state index >= 15 is 0 Å². The summed E-state index contributed by atoms with van der Waals surface area (Å²) in [6.07, 6.45) is 1.90. The Morgan fingerprint density at radius 1 is 0.759 bits per heavy atom. The second kappa shape index (κ2) is 5.27. The van der Waals surface area contributed by atoms with Crippen molar-refractivity contribution in [2.45, 2.75) is 38.7 Å². The molecule has 0 fully saturated rings. The highest BCUT2D eigenvalue weighted by molar-refractivity contribution is 5.96. The topological polar surface area (TPSA) is 22.1 Å². The fourth-order valence-electron chi connectivity index (χ4n) is 5.32. The van der Waals surface area contributed by atoms with E-state index in [-0.39, 0.29) is 5.41 Å². The standard InChI is InChI=1S/C27H23NO/c1-26(2)21-10-7-13-28-25(21)18-11-12-20-23(24(18)26)19-14-16-8-5-6-9-17(16)15-22(19)29-27(20,3)4/h5-15H,1-4H3. The van der Waals surface area contributed by atoms with Gasteiger partial charge in [-0.1, -0.05) is 56.3 Å². The summed E-state index contributed by atoms with van der Waals surface area (Å²) in [7, 11) is 0. The summed E-state index contributed by atoms with van der Waals surface area (Å²) in [5, 5.41) is 2.45. The molecular weight excluding hydrogens is 354 g/mol. The molecule has 0 saturated heterocycles.